The molecule has 3 rings (SSSR count). The molecule has 0 aromatic heterocycles. The van der Waals surface area contributed by atoms with Crippen LogP contribution in [0.1, 0.15) is 12.8 Å². The van der Waals surface area contributed by atoms with Crippen LogP contribution in [0.4, 0.5) is 11.4 Å². The van der Waals surface area contributed by atoms with Gasteiger partial charge >= 0.3 is 0 Å². The number of ether oxygens (including phenoxy) is 1. The summed E-state index contributed by atoms with van der Waals surface area (Å²) in [5.41, 5.74) is 8.25. The lowest BCUT2D eigenvalue weighted by Crippen LogP contribution is -2.36. The Morgan fingerprint density at radius 3 is 2.50 bits per heavy atom. The number of rotatable bonds is 2. The van der Waals surface area contributed by atoms with Crippen molar-refractivity contribution in [2.24, 2.45) is 10.7 Å². The van der Waals surface area contributed by atoms with E-state index < -0.39 is 0 Å². The number of aliphatic imine (C=N–C) groups is 1. The van der Waals surface area contributed by atoms with Gasteiger partial charge in [-0.1, -0.05) is 12.1 Å². The fourth-order valence-corrected chi connectivity index (χ4v) is 2.77. The molecule has 0 bridgehead atoms. The van der Waals surface area contributed by atoms with Gasteiger partial charge in [-0.3, -0.25) is 0 Å². The second kappa shape index (κ2) is 6.13. The zero-order valence-corrected chi connectivity index (χ0v) is 11.8. The summed E-state index contributed by atoms with van der Waals surface area (Å²) in [6, 6.07) is 8.21. The number of nitrogens with two attached hydrogens (primary N) is 1. The molecule has 0 radical (unpaired) electrons. The highest BCUT2D eigenvalue weighted by molar-refractivity contribution is 5.84. The van der Waals surface area contributed by atoms with Gasteiger partial charge in [0.15, 0.2) is 5.96 Å². The van der Waals surface area contributed by atoms with Crippen LogP contribution < -0.4 is 10.6 Å². The SMILES string of the molecule is NC(=Nc1ccccc1N1CCOCC1)N1CCCC1. The van der Waals surface area contributed by atoms with Gasteiger partial charge in [-0.15, -0.1) is 0 Å². The molecule has 2 saturated heterocycles. The first-order valence-corrected chi connectivity index (χ1v) is 7.35. The van der Waals surface area contributed by atoms with Crippen LogP contribution in [0.15, 0.2) is 29.3 Å². The van der Waals surface area contributed by atoms with Crippen molar-refractivity contribution in [3.05, 3.63) is 24.3 Å². The molecule has 20 heavy (non-hydrogen) atoms. The van der Waals surface area contributed by atoms with Crippen LogP contribution in [0, 0.1) is 0 Å². The van der Waals surface area contributed by atoms with Crippen LogP contribution in [-0.2, 0) is 4.74 Å². The number of likely N-dealkylation sites (tertiary alicyclic amines) is 1. The molecule has 2 N–H and O–H groups in total. The first-order valence-electron chi connectivity index (χ1n) is 7.35. The topological polar surface area (TPSA) is 54.1 Å². The molecule has 0 unspecified atom stereocenters. The van der Waals surface area contributed by atoms with E-state index in [1.165, 1.54) is 12.8 Å². The first kappa shape index (κ1) is 13.2. The Morgan fingerprint density at radius 1 is 1.05 bits per heavy atom. The van der Waals surface area contributed by atoms with Crippen molar-refractivity contribution >= 4 is 17.3 Å². The van der Waals surface area contributed by atoms with E-state index in [1.807, 2.05) is 12.1 Å². The number of hydrogen-bond donors (Lipinski definition) is 1. The van der Waals surface area contributed by atoms with Gasteiger partial charge in [0.25, 0.3) is 0 Å². The average Bonchev–Trinajstić information content (AvgIpc) is 3.03. The number of morpholine rings is 1. The Kier molecular flexibility index (Phi) is 4.06. The summed E-state index contributed by atoms with van der Waals surface area (Å²) in [5, 5.41) is 0. The molecular weight excluding hydrogens is 252 g/mol. The number of hydrogen-bond acceptors (Lipinski definition) is 3. The molecule has 0 saturated carbocycles. The largest absolute Gasteiger partial charge is 0.378 e. The molecule has 2 aliphatic heterocycles. The minimum absolute atomic E-state index is 0.642. The third kappa shape index (κ3) is 2.88. The smallest absolute Gasteiger partial charge is 0.196 e. The minimum Gasteiger partial charge on any atom is -0.378 e. The Labute approximate surface area is 120 Å². The van der Waals surface area contributed by atoms with Gasteiger partial charge in [0, 0.05) is 26.2 Å². The molecule has 5 nitrogen and oxygen atoms in total. The fourth-order valence-electron chi connectivity index (χ4n) is 2.77. The predicted molar refractivity (Wildman–Crippen MR) is 81.6 cm³/mol. The van der Waals surface area contributed by atoms with Gasteiger partial charge < -0.3 is 20.3 Å². The fraction of sp³-hybridized carbons (Fsp3) is 0.533. The Hall–Kier alpha value is -1.75. The lowest BCUT2D eigenvalue weighted by Gasteiger charge is -2.30. The summed E-state index contributed by atoms with van der Waals surface area (Å²) in [7, 11) is 0. The minimum atomic E-state index is 0.642. The van der Waals surface area contributed by atoms with Gasteiger partial charge in [0.2, 0.25) is 0 Å². The molecule has 0 aliphatic carbocycles. The zero-order chi connectivity index (χ0) is 13.8. The molecular formula is C15H22N4O. The highest BCUT2D eigenvalue weighted by Crippen LogP contribution is 2.29. The van der Waals surface area contributed by atoms with Gasteiger partial charge in [-0.05, 0) is 25.0 Å². The van der Waals surface area contributed by atoms with Crippen LogP contribution in [0.2, 0.25) is 0 Å². The maximum Gasteiger partial charge on any atom is 0.196 e. The third-order valence-corrected chi connectivity index (χ3v) is 3.90. The Bertz CT molecular complexity index is 477. The van der Waals surface area contributed by atoms with Gasteiger partial charge in [0.05, 0.1) is 24.6 Å². The van der Waals surface area contributed by atoms with Crippen LogP contribution in [-0.4, -0.2) is 50.3 Å². The maximum atomic E-state index is 6.14. The quantitative estimate of drug-likeness (QED) is 0.657. The van der Waals surface area contributed by atoms with Crippen molar-refractivity contribution < 1.29 is 4.74 Å². The standard InChI is InChI=1S/C15H22N4O/c16-15(19-7-3-4-8-19)17-13-5-1-2-6-14(13)18-9-11-20-12-10-18/h1-2,5-6H,3-4,7-12H2,(H2,16,17). The highest BCUT2D eigenvalue weighted by atomic mass is 16.5. The molecule has 0 amide bonds. The monoisotopic (exact) mass is 274 g/mol. The van der Waals surface area contributed by atoms with Crippen LogP contribution in [0.5, 0.6) is 0 Å². The van der Waals surface area contributed by atoms with E-state index in [9.17, 15) is 0 Å². The second-order valence-electron chi connectivity index (χ2n) is 5.25. The lowest BCUT2D eigenvalue weighted by molar-refractivity contribution is 0.123. The number of benzene rings is 1. The summed E-state index contributed by atoms with van der Waals surface area (Å²) in [6.45, 7) is 5.43. The second-order valence-corrected chi connectivity index (χ2v) is 5.25. The molecule has 2 aliphatic rings. The number of nitrogens with zero attached hydrogens (tertiary/aromatic N) is 3. The van der Waals surface area contributed by atoms with Crippen molar-refractivity contribution in [2.45, 2.75) is 12.8 Å². The van der Waals surface area contributed by atoms with Crippen molar-refractivity contribution in [1.29, 1.82) is 0 Å². The molecule has 1 aromatic carbocycles. The summed E-state index contributed by atoms with van der Waals surface area (Å²) >= 11 is 0. The van der Waals surface area contributed by atoms with E-state index in [0.29, 0.717) is 5.96 Å². The van der Waals surface area contributed by atoms with Crippen LogP contribution in [0.25, 0.3) is 0 Å². The summed E-state index contributed by atoms with van der Waals surface area (Å²) in [6.07, 6.45) is 2.42. The first-order chi connectivity index (χ1) is 9.84. The van der Waals surface area contributed by atoms with Crippen LogP contribution in [0.3, 0.4) is 0 Å². The summed E-state index contributed by atoms with van der Waals surface area (Å²) in [4.78, 5) is 9.14. The maximum absolute atomic E-state index is 6.14. The average molecular weight is 274 g/mol. The molecule has 5 heteroatoms. The van der Waals surface area contributed by atoms with Crippen molar-refractivity contribution in [1.82, 2.24) is 4.90 Å². The van der Waals surface area contributed by atoms with E-state index in [-0.39, 0.29) is 0 Å². The predicted octanol–water partition coefficient (Wildman–Crippen LogP) is 1.57. The molecule has 0 atom stereocenters. The van der Waals surface area contributed by atoms with Crippen molar-refractivity contribution in [3.63, 3.8) is 0 Å². The van der Waals surface area contributed by atoms with Crippen LogP contribution >= 0.6 is 0 Å². The summed E-state index contributed by atoms with van der Waals surface area (Å²) < 4.78 is 5.41. The highest BCUT2D eigenvalue weighted by Gasteiger charge is 2.17. The van der Waals surface area contributed by atoms with E-state index in [0.717, 1.165) is 50.8 Å². The number of guanidine groups is 1. The molecule has 2 fully saturated rings. The van der Waals surface area contributed by atoms with E-state index in [2.05, 4.69) is 26.9 Å². The summed E-state index contributed by atoms with van der Waals surface area (Å²) in [5.74, 6) is 0.642. The van der Waals surface area contributed by atoms with Gasteiger partial charge in [-0.2, -0.15) is 0 Å². The molecule has 108 valence electrons. The Morgan fingerprint density at radius 2 is 1.75 bits per heavy atom. The molecule has 0 spiro atoms. The third-order valence-electron chi connectivity index (χ3n) is 3.90. The zero-order valence-electron chi connectivity index (χ0n) is 11.8. The number of anilines is 1. The normalized spacial score (nSPS) is 20.5. The van der Waals surface area contributed by atoms with E-state index in [1.54, 1.807) is 0 Å². The molecule has 1 aromatic rings. The van der Waals surface area contributed by atoms with Crippen molar-refractivity contribution in [2.75, 3.05) is 44.3 Å². The Balaban J connectivity index is 1.83. The lowest BCUT2D eigenvalue weighted by atomic mass is 10.2. The number of para-hydroxylation sites is 2. The van der Waals surface area contributed by atoms with E-state index >= 15 is 0 Å². The van der Waals surface area contributed by atoms with Gasteiger partial charge in [0.1, 0.15) is 0 Å². The van der Waals surface area contributed by atoms with Gasteiger partial charge in [-0.25, -0.2) is 4.99 Å². The molecule has 2 heterocycles. The van der Waals surface area contributed by atoms with Crippen molar-refractivity contribution in [3.8, 4) is 0 Å². The van der Waals surface area contributed by atoms with E-state index in [4.69, 9.17) is 10.5 Å².